The molecule has 9 nitrogen and oxygen atoms in total. The molecule has 2 bridgehead atoms. The van der Waals surface area contributed by atoms with E-state index in [2.05, 4.69) is 0 Å². The number of nitrogens with zero attached hydrogens (tertiary/aromatic N) is 3. The fourth-order valence-electron chi connectivity index (χ4n) is 6.15. The third-order valence-corrected chi connectivity index (χ3v) is 8.15. The van der Waals surface area contributed by atoms with Crippen molar-refractivity contribution >= 4 is 40.8 Å². The molecule has 6 atom stereocenters. The van der Waals surface area contributed by atoms with Crippen LogP contribution in [0.15, 0.2) is 60.7 Å². The van der Waals surface area contributed by atoms with Gasteiger partial charge in [-0.25, -0.2) is 5.01 Å². The number of nitro groups is 1. The fraction of sp³-hybridized carbons (Fsp3) is 0.308. The summed E-state index contributed by atoms with van der Waals surface area (Å²) in [6, 6.07) is 10.9. The van der Waals surface area contributed by atoms with Gasteiger partial charge in [0.15, 0.2) is 5.78 Å². The number of allylic oxidation sites excluding steroid dienone is 2. The monoisotopic (exact) mass is 505 g/mol. The van der Waals surface area contributed by atoms with Gasteiger partial charge in [-0.15, -0.1) is 0 Å². The van der Waals surface area contributed by atoms with E-state index < -0.39 is 46.8 Å². The van der Waals surface area contributed by atoms with E-state index in [1.165, 1.54) is 48.5 Å². The molecule has 0 spiro atoms. The van der Waals surface area contributed by atoms with E-state index in [1.807, 2.05) is 12.2 Å². The van der Waals surface area contributed by atoms with Crippen molar-refractivity contribution in [2.24, 2.45) is 35.5 Å². The first-order valence-corrected chi connectivity index (χ1v) is 12.0. The van der Waals surface area contributed by atoms with Gasteiger partial charge in [0.25, 0.3) is 23.4 Å². The average Bonchev–Trinajstić information content (AvgIpc) is 3.66. The molecule has 0 radical (unpaired) electrons. The van der Waals surface area contributed by atoms with Gasteiger partial charge in [0.1, 0.15) is 6.54 Å². The number of halogens is 1. The molecule has 3 fully saturated rings. The van der Waals surface area contributed by atoms with Crippen molar-refractivity contribution in [3.05, 3.63) is 86.9 Å². The highest BCUT2D eigenvalue weighted by Gasteiger charge is 2.68. The molecule has 2 aromatic rings. The Morgan fingerprint density at radius 3 is 1.97 bits per heavy atom. The molecule has 0 unspecified atom stereocenters. The van der Waals surface area contributed by atoms with Gasteiger partial charge in [-0.05, 0) is 66.5 Å². The number of hydrogen-bond acceptors (Lipinski definition) is 6. The standard InChI is InChI=1S/C26H20ClN3O6/c27-15-5-1-14(2-6-15)24(32)28(12-21(31)13-3-7-16(8-4-13)30(35)36)29-25(33)22-17-9-10-18(20-11-19(17)20)23(22)26(29)34/h1-10,17-20,22-23H,11-12H2/t17-,18-,19-,20+,22+,23+/m0/s1. The zero-order valence-corrected chi connectivity index (χ0v) is 19.6. The minimum absolute atomic E-state index is 0.0377. The van der Waals surface area contributed by atoms with Crippen LogP contribution in [0.4, 0.5) is 5.69 Å². The first-order valence-electron chi connectivity index (χ1n) is 11.7. The minimum Gasteiger partial charge on any atom is -0.292 e. The van der Waals surface area contributed by atoms with E-state index in [-0.39, 0.29) is 28.7 Å². The number of nitro benzene ring substituents is 1. The molecule has 1 saturated heterocycles. The maximum absolute atomic E-state index is 13.6. The van der Waals surface area contributed by atoms with Gasteiger partial charge in [-0.1, -0.05) is 23.8 Å². The van der Waals surface area contributed by atoms with E-state index in [4.69, 9.17) is 11.6 Å². The number of non-ortho nitro benzene ring substituents is 1. The van der Waals surface area contributed by atoms with Gasteiger partial charge in [0.05, 0.1) is 16.8 Å². The Balaban J connectivity index is 1.34. The van der Waals surface area contributed by atoms with Crippen molar-refractivity contribution in [3.63, 3.8) is 0 Å². The second-order valence-electron chi connectivity index (χ2n) is 9.74. The largest absolute Gasteiger partial charge is 0.292 e. The Kier molecular flexibility index (Phi) is 5.08. The summed E-state index contributed by atoms with van der Waals surface area (Å²) in [5, 5.41) is 13.1. The summed E-state index contributed by atoms with van der Waals surface area (Å²) in [5.74, 6) is -2.55. The molecule has 0 N–H and O–H groups in total. The first-order chi connectivity index (χ1) is 17.3. The van der Waals surface area contributed by atoms with Crippen LogP contribution in [0, 0.1) is 45.6 Å². The lowest BCUT2D eigenvalue weighted by atomic mass is 9.63. The molecule has 4 aliphatic carbocycles. The van der Waals surface area contributed by atoms with Crippen LogP contribution in [0.5, 0.6) is 0 Å². The Labute approximate surface area is 210 Å². The van der Waals surface area contributed by atoms with E-state index in [0.29, 0.717) is 16.9 Å². The van der Waals surface area contributed by atoms with E-state index in [1.54, 1.807) is 0 Å². The molecule has 0 aromatic heterocycles. The predicted molar refractivity (Wildman–Crippen MR) is 126 cm³/mol. The molecule has 1 heterocycles. The van der Waals surface area contributed by atoms with E-state index in [0.717, 1.165) is 16.4 Å². The molecule has 5 aliphatic rings. The highest BCUT2D eigenvalue weighted by atomic mass is 35.5. The minimum atomic E-state index is -0.687. The highest BCUT2D eigenvalue weighted by Crippen LogP contribution is 2.65. The van der Waals surface area contributed by atoms with Crippen LogP contribution < -0.4 is 0 Å². The van der Waals surface area contributed by atoms with Crippen LogP contribution >= 0.6 is 11.6 Å². The molecule has 3 amide bonds. The van der Waals surface area contributed by atoms with Crippen LogP contribution in [0.1, 0.15) is 27.1 Å². The Bertz CT molecular complexity index is 1320. The average molecular weight is 506 g/mol. The molecular formula is C26H20ClN3O6. The molecule has 10 heteroatoms. The number of imide groups is 1. The quantitative estimate of drug-likeness (QED) is 0.195. The molecule has 2 saturated carbocycles. The number of ketones is 1. The van der Waals surface area contributed by atoms with Crippen molar-refractivity contribution in [3.8, 4) is 0 Å². The lowest BCUT2D eigenvalue weighted by Gasteiger charge is -2.37. The number of Topliss-reactive ketones (excluding diaryl/α,β-unsaturated/α-hetero) is 1. The summed E-state index contributed by atoms with van der Waals surface area (Å²) in [6.07, 6.45) is 5.06. The van der Waals surface area contributed by atoms with Gasteiger partial charge in [0, 0.05) is 28.3 Å². The zero-order chi connectivity index (χ0) is 25.3. The van der Waals surface area contributed by atoms with Crippen LogP contribution in [0.3, 0.4) is 0 Å². The normalized spacial score (nSPS) is 29.1. The second kappa shape index (κ2) is 8.09. The predicted octanol–water partition coefficient (Wildman–Crippen LogP) is 3.54. The SMILES string of the molecule is O=C(CN(C(=O)c1ccc(Cl)cc1)N1C(=O)[C@@H]2[C@H]3C=C[C@@H]([C@@H]4C[C@H]34)[C@H]2C1=O)c1ccc([N+](=O)[O-])cc1. The first kappa shape index (κ1) is 22.6. The third-order valence-electron chi connectivity index (χ3n) is 7.90. The van der Waals surface area contributed by atoms with Gasteiger partial charge in [0.2, 0.25) is 0 Å². The maximum atomic E-state index is 13.6. The summed E-state index contributed by atoms with van der Waals surface area (Å²) >= 11 is 5.96. The summed E-state index contributed by atoms with van der Waals surface area (Å²) in [6.45, 7) is -0.578. The number of carbonyl (C=O) groups is 4. The smallest absolute Gasteiger partial charge is 0.273 e. The molecule has 36 heavy (non-hydrogen) atoms. The fourth-order valence-corrected chi connectivity index (χ4v) is 6.28. The van der Waals surface area contributed by atoms with Crippen molar-refractivity contribution < 1.29 is 24.1 Å². The number of amides is 3. The Hall–Kier alpha value is -3.85. The maximum Gasteiger partial charge on any atom is 0.273 e. The lowest BCUT2D eigenvalue weighted by Crippen LogP contribution is -2.52. The summed E-state index contributed by atoms with van der Waals surface area (Å²) in [7, 11) is 0. The molecule has 182 valence electrons. The molecule has 1 aliphatic heterocycles. The van der Waals surface area contributed by atoms with E-state index in [9.17, 15) is 29.3 Å². The van der Waals surface area contributed by atoms with Crippen molar-refractivity contribution in [1.29, 1.82) is 0 Å². The van der Waals surface area contributed by atoms with E-state index >= 15 is 0 Å². The number of benzene rings is 2. The Morgan fingerprint density at radius 2 is 1.44 bits per heavy atom. The summed E-state index contributed by atoms with van der Waals surface area (Å²) in [4.78, 5) is 64.4. The van der Waals surface area contributed by atoms with Gasteiger partial charge in [-0.3, -0.25) is 29.3 Å². The number of carbonyl (C=O) groups excluding carboxylic acids is 4. The lowest BCUT2D eigenvalue weighted by molar-refractivity contribution is -0.384. The second-order valence-corrected chi connectivity index (χ2v) is 10.2. The summed E-state index contributed by atoms with van der Waals surface area (Å²) in [5.41, 5.74) is 0.0977. The number of rotatable bonds is 6. The third kappa shape index (κ3) is 3.37. The van der Waals surface area contributed by atoms with Crippen LogP contribution in [-0.2, 0) is 9.59 Å². The van der Waals surface area contributed by atoms with Crippen molar-refractivity contribution in [1.82, 2.24) is 10.0 Å². The van der Waals surface area contributed by atoms with Crippen molar-refractivity contribution in [2.75, 3.05) is 6.54 Å². The zero-order valence-electron chi connectivity index (χ0n) is 18.8. The van der Waals surface area contributed by atoms with Crippen LogP contribution in [-0.4, -0.2) is 45.0 Å². The van der Waals surface area contributed by atoms with Gasteiger partial charge in [-0.2, -0.15) is 5.01 Å². The van der Waals surface area contributed by atoms with Crippen LogP contribution in [0.25, 0.3) is 0 Å². The number of hydrazine groups is 1. The molecular weight excluding hydrogens is 486 g/mol. The van der Waals surface area contributed by atoms with Crippen LogP contribution in [0.2, 0.25) is 5.02 Å². The number of hydrogen-bond donors (Lipinski definition) is 0. The van der Waals surface area contributed by atoms with Crippen molar-refractivity contribution in [2.45, 2.75) is 6.42 Å². The van der Waals surface area contributed by atoms with Gasteiger partial charge < -0.3 is 0 Å². The van der Waals surface area contributed by atoms with Gasteiger partial charge >= 0.3 is 0 Å². The highest BCUT2D eigenvalue weighted by molar-refractivity contribution is 6.30. The Morgan fingerprint density at radius 1 is 0.917 bits per heavy atom. The topological polar surface area (TPSA) is 118 Å². The molecule has 2 aromatic carbocycles. The molecule has 7 rings (SSSR count). The summed E-state index contributed by atoms with van der Waals surface area (Å²) < 4.78 is 0.